The Labute approximate surface area is 186 Å². The van der Waals surface area contributed by atoms with Gasteiger partial charge in [-0.05, 0) is 44.0 Å². The fraction of sp³-hybridized carbons (Fsp3) is 0.455. The van der Waals surface area contributed by atoms with Gasteiger partial charge in [0.1, 0.15) is 0 Å². The van der Waals surface area contributed by atoms with E-state index in [4.69, 9.17) is 11.6 Å². The van der Waals surface area contributed by atoms with Gasteiger partial charge in [-0.15, -0.1) is 0 Å². The van der Waals surface area contributed by atoms with Crippen LogP contribution < -0.4 is 10.2 Å². The lowest BCUT2D eigenvalue weighted by Crippen LogP contribution is -2.44. The maximum absolute atomic E-state index is 13.0. The Balaban J connectivity index is 1.29. The number of nitrogens with zero attached hydrogens (tertiary/aromatic N) is 4. The van der Waals surface area contributed by atoms with E-state index in [1.165, 1.54) is 0 Å². The number of hydrogen-bond donors (Lipinski definition) is 1. The van der Waals surface area contributed by atoms with Crippen LogP contribution in [0.2, 0.25) is 5.02 Å². The molecule has 8 nitrogen and oxygen atoms in total. The summed E-state index contributed by atoms with van der Waals surface area (Å²) in [5.74, 6) is -0.582. The number of nitrogens with one attached hydrogen (secondary N) is 1. The first-order valence-electron chi connectivity index (χ1n) is 10.6. The lowest BCUT2D eigenvalue weighted by Gasteiger charge is -2.32. The highest BCUT2D eigenvalue weighted by Gasteiger charge is 2.38. The van der Waals surface area contributed by atoms with Crippen molar-refractivity contribution in [3.05, 3.63) is 41.7 Å². The summed E-state index contributed by atoms with van der Waals surface area (Å²) in [6.07, 6.45) is 4.88. The number of halogens is 1. The predicted octanol–water partition coefficient (Wildman–Crippen LogP) is 2.79. The van der Waals surface area contributed by atoms with E-state index in [2.05, 4.69) is 10.4 Å². The second-order valence-electron chi connectivity index (χ2n) is 8.06. The van der Waals surface area contributed by atoms with Gasteiger partial charge in [0.15, 0.2) is 0 Å². The van der Waals surface area contributed by atoms with Crippen LogP contribution in [-0.2, 0) is 20.9 Å². The van der Waals surface area contributed by atoms with Gasteiger partial charge in [-0.2, -0.15) is 5.10 Å². The standard InChI is InChI=1S/C22H26ClN5O3/c1-2-27-14-18(12-24-27)25-21(30)15-7-9-26(10-8-15)22(31)16-11-20(29)28(13-16)19-5-3-17(23)4-6-19/h3-6,12,14-16H,2,7-11,13H2,1H3,(H,25,30). The number of likely N-dealkylation sites (tertiary alicyclic amines) is 1. The van der Waals surface area contributed by atoms with Crippen LogP contribution in [0.5, 0.6) is 0 Å². The molecule has 1 atom stereocenters. The van der Waals surface area contributed by atoms with Crippen LogP contribution in [0.1, 0.15) is 26.2 Å². The fourth-order valence-electron chi connectivity index (χ4n) is 4.21. The number of benzene rings is 1. The fourth-order valence-corrected chi connectivity index (χ4v) is 4.34. The summed E-state index contributed by atoms with van der Waals surface area (Å²) in [6.45, 7) is 4.15. The van der Waals surface area contributed by atoms with Crippen LogP contribution >= 0.6 is 11.6 Å². The predicted molar refractivity (Wildman–Crippen MR) is 118 cm³/mol. The molecule has 0 radical (unpaired) electrons. The van der Waals surface area contributed by atoms with E-state index in [9.17, 15) is 14.4 Å². The monoisotopic (exact) mass is 443 g/mol. The molecule has 2 aliphatic heterocycles. The average molecular weight is 444 g/mol. The third-order valence-electron chi connectivity index (χ3n) is 6.01. The zero-order valence-electron chi connectivity index (χ0n) is 17.5. The molecule has 9 heteroatoms. The lowest BCUT2D eigenvalue weighted by atomic mass is 9.94. The molecule has 1 N–H and O–H groups in total. The van der Waals surface area contributed by atoms with E-state index >= 15 is 0 Å². The van der Waals surface area contributed by atoms with E-state index in [1.54, 1.807) is 51.1 Å². The number of piperidine rings is 1. The summed E-state index contributed by atoms with van der Waals surface area (Å²) in [6, 6.07) is 7.06. The number of amides is 3. The van der Waals surface area contributed by atoms with Crippen molar-refractivity contribution in [2.24, 2.45) is 11.8 Å². The summed E-state index contributed by atoms with van der Waals surface area (Å²) in [7, 11) is 0. The molecule has 0 bridgehead atoms. The van der Waals surface area contributed by atoms with Crippen molar-refractivity contribution in [1.29, 1.82) is 0 Å². The number of carbonyl (C=O) groups is 3. The number of carbonyl (C=O) groups excluding carboxylic acids is 3. The average Bonchev–Trinajstić information content (AvgIpc) is 3.40. The molecule has 164 valence electrons. The molecule has 0 spiro atoms. The number of aryl methyl sites for hydroxylation is 1. The van der Waals surface area contributed by atoms with Crippen molar-refractivity contribution in [2.45, 2.75) is 32.7 Å². The van der Waals surface area contributed by atoms with Crippen LogP contribution in [0.25, 0.3) is 0 Å². The Morgan fingerprint density at radius 3 is 2.52 bits per heavy atom. The lowest BCUT2D eigenvalue weighted by molar-refractivity contribution is -0.138. The molecule has 2 aliphatic rings. The summed E-state index contributed by atoms with van der Waals surface area (Å²) in [5.41, 5.74) is 1.45. The van der Waals surface area contributed by atoms with Gasteiger partial charge in [0.2, 0.25) is 17.7 Å². The van der Waals surface area contributed by atoms with Gasteiger partial charge in [-0.3, -0.25) is 19.1 Å². The Hall–Kier alpha value is -2.87. The highest BCUT2D eigenvalue weighted by Crippen LogP contribution is 2.29. The minimum absolute atomic E-state index is 0.00658. The summed E-state index contributed by atoms with van der Waals surface area (Å²) in [4.78, 5) is 41.4. The molecule has 2 aromatic rings. The molecule has 31 heavy (non-hydrogen) atoms. The number of hydrogen-bond acceptors (Lipinski definition) is 4. The van der Waals surface area contributed by atoms with E-state index in [0.29, 0.717) is 43.2 Å². The second-order valence-corrected chi connectivity index (χ2v) is 8.49. The molecular weight excluding hydrogens is 418 g/mol. The van der Waals surface area contributed by atoms with E-state index in [1.807, 2.05) is 6.92 Å². The molecule has 1 unspecified atom stereocenters. The van der Waals surface area contributed by atoms with Crippen LogP contribution in [0, 0.1) is 11.8 Å². The summed E-state index contributed by atoms with van der Waals surface area (Å²) < 4.78 is 1.76. The highest BCUT2D eigenvalue weighted by molar-refractivity contribution is 6.30. The Kier molecular flexibility index (Phi) is 6.27. The number of anilines is 2. The van der Waals surface area contributed by atoms with Crippen LogP contribution in [0.4, 0.5) is 11.4 Å². The first-order chi connectivity index (χ1) is 14.9. The maximum Gasteiger partial charge on any atom is 0.228 e. The van der Waals surface area contributed by atoms with Gasteiger partial charge >= 0.3 is 0 Å². The van der Waals surface area contributed by atoms with Crippen LogP contribution in [0.15, 0.2) is 36.7 Å². The zero-order valence-corrected chi connectivity index (χ0v) is 18.2. The van der Waals surface area contributed by atoms with Gasteiger partial charge in [0.25, 0.3) is 0 Å². The molecule has 1 aromatic heterocycles. The normalized spacial score (nSPS) is 19.7. The first kappa shape index (κ1) is 21.4. The second kappa shape index (κ2) is 9.09. The van der Waals surface area contributed by atoms with Gasteiger partial charge in [0.05, 0.1) is 17.8 Å². The largest absolute Gasteiger partial charge is 0.342 e. The molecule has 0 aliphatic carbocycles. The van der Waals surface area contributed by atoms with Crippen molar-refractivity contribution in [1.82, 2.24) is 14.7 Å². The Morgan fingerprint density at radius 1 is 1.16 bits per heavy atom. The number of aromatic nitrogens is 2. The van der Waals surface area contributed by atoms with Crippen molar-refractivity contribution >= 4 is 40.7 Å². The first-order valence-corrected chi connectivity index (χ1v) is 11.0. The van der Waals surface area contributed by atoms with Gasteiger partial charge in [-0.1, -0.05) is 11.6 Å². The molecule has 1 aromatic carbocycles. The van der Waals surface area contributed by atoms with Gasteiger partial charge < -0.3 is 15.1 Å². The Bertz CT molecular complexity index is 966. The SMILES string of the molecule is CCn1cc(NC(=O)C2CCN(C(=O)C3CC(=O)N(c4ccc(Cl)cc4)C3)CC2)cn1. The minimum Gasteiger partial charge on any atom is -0.342 e. The van der Waals surface area contributed by atoms with Crippen molar-refractivity contribution < 1.29 is 14.4 Å². The smallest absolute Gasteiger partial charge is 0.228 e. The molecule has 0 saturated carbocycles. The van der Waals surface area contributed by atoms with E-state index < -0.39 is 0 Å². The van der Waals surface area contributed by atoms with Crippen LogP contribution in [-0.4, -0.2) is 52.0 Å². The topological polar surface area (TPSA) is 87.5 Å². The Morgan fingerprint density at radius 2 is 1.87 bits per heavy atom. The third-order valence-corrected chi connectivity index (χ3v) is 6.27. The van der Waals surface area contributed by atoms with Crippen molar-refractivity contribution in [3.8, 4) is 0 Å². The molecule has 3 amide bonds. The maximum atomic E-state index is 13.0. The van der Waals surface area contributed by atoms with Crippen molar-refractivity contribution in [3.63, 3.8) is 0 Å². The van der Waals surface area contributed by atoms with E-state index in [-0.39, 0.29) is 36.0 Å². The highest BCUT2D eigenvalue weighted by atomic mass is 35.5. The molecule has 3 heterocycles. The van der Waals surface area contributed by atoms with Crippen molar-refractivity contribution in [2.75, 3.05) is 29.9 Å². The van der Waals surface area contributed by atoms with E-state index in [0.717, 1.165) is 12.2 Å². The molecule has 2 saturated heterocycles. The van der Waals surface area contributed by atoms with Gasteiger partial charge in [-0.25, -0.2) is 0 Å². The summed E-state index contributed by atoms with van der Waals surface area (Å²) in [5, 5.41) is 7.68. The quantitative estimate of drug-likeness (QED) is 0.769. The van der Waals surface area contributed by atoms with Crippen LogP contribution in [0.3, 0.4) is 0 Å². The molecule has 2 fully saturated rings. The molecule has 4 rings (SSSR count). The summed E-state index contributed by atoms with van der Waals surface area (Å²) >= 11 is 5.93. The third kappa shape index (κ3) is 4.74. The molecular formula is C22H26ClN5O3. The van der Waals surface area contributed by atoms with Gasteiger partial charge in [0, 0.05) is 55.4 Å². The minimum atomic E-state index is -0.353. The number of rotatable bonds is 5. The zero-order chi connectivity index (χ0) is 22.0.